The van der Waals surface area contributed by atoms with Crippen molar-refractivity contribution in [1.82, 2.24) is 20.4 Å². The Balaban J connectivity index is 1.81. The highest BCUT2D eigenvalue weighted by atomic mass is 16.2. The highest BCUT2D eigenvalue weighted by Crippen LogP contribution is 2.23. The average molecular weight is 396 g/mol. The van der Waals surface area contributed by atoms with Crippen molar-refractivity contribution in [3.05, 3.63) is 0 Å². The van der Waals surface area contributed by atoms with Crippen LogP contribution in [-0.4, -0.2) is 73.5 Å². The van der Waals surface area contributed by atoms with E-state index in [-0.39, 0.29) is 29.7 Å². The van der Waals surface area contributed by atoms with Gasteiger partial charge >= 0.3 is 6.03 Å². The number of hydrogen-bond donors (Lipinski definition) is 3. The minimum Gasteiger partial charge on any atom is -0.355 e. The van der Waals surface area contributed by atoms with Crippen molar-refractivity contribution in [1.29, 1.82) is 0 Å². The van der Waals surface area contributed by atoms with E-state index in [0.29, 0.717) is 51.6 Å². The largest absolute Gasteiger partial charge is 0.355 e. The van der Waals surface area contributed by atoms with Crippen LogP contribution in [0.15, 0.2) is 0 Å². The van der Waals surface area contributed by atoms with Gasteiger partial charge in [-0.25, -0.2) is 4.79 Å². The van der Waals surface area contributed by atoms with Gasteiger partial charge < -0.3 is 26.2 Å². The third kappa shape index (κ3) is 6.96. The Morgan fingerprint density at radius 2 is 1.75 bits per heavy atom. The lowest BCUT2D eigenvalue weighted by Crippen LogP contribution is -2.49. The van der Waals surface area contributed by atoms with Gasteiger partial charge in [0.25, 0.3) is 0 Å². The van der Waals surface area contributed by atoms with Crippen LogP contribution in [0.25, 0.3) is 0 Å². The van der Waals surface area contributed by atoms with E-state index in [0.717, 1.165) is 32.2 Å². The number of rotatable bonds is 7. The second-order valence-electron chi connectivity index (χ2n) is 8.50. The van der Waals surface area contributed by atoms with Crippen molar-refractivity contribution in [2.45, 2.75) is 46.0 Å². The number of likely N-dealkylation sites (tertiary alicyclic amines) is 2. The zero-order chi connectivity index (χ0) is 20.5. The molecule has 4 amide bonds. The van der Waals surface area contributed by atoms with Crippen molar-refractivity contribution in [2.24, 2.45) is 23.5 Å². The molecule has 4 N–H and O–H groups in total. The molecular weight excluding hydrogens is 358 g/mol. The van der Waals surface area contributed by atoms with Crippen LogP contribution in [-0.2, 0) is 9.59 Å². The summed E-state index contributed by atoms with van der Waals surface area (Å²) >= 11 is 0. The molecule has 2 rings (SSSR count). The minimum atomic E-state index is -0.145. The molecule has 0 aromatic rings. The summed E-state index contributed by atoms with van der Waals surface area (Å²) in [5.41, 5.74) is 5.44. The summed E-state index contributed by atoms with van der Waals surface area (Å²) in [7, 11) is 0. The van der Waals surface area contributed by atoms with Crippen molar-refractivity contribution >= 4 is 17.8 Å². The molecule has 0 bridgehead atoms. The van der Waals surface area contributed by atoms with E-state index in [9.17, 15) is 14.4 Å². The van der Waals surface area contributed by atoms with Crippen LogP contribution in [0.3, 0.4) is 0 Å². The first-order valence-corrected chi connectivity index (χ1v) is 10.7. The predicted molar refractivity (Wildman–Crippen MR) is 109 cm³/mol. The van der Waals surface area contributed by atoms with Crippen molar-refractivity contribution in [3.8, 4) is 0 Å². The fourth-order valence-corrected chi connectivity index (χ4v) is 3.95. The Bertz CT molecular complexity index is 540. The highest BCUT2D eigenvalue weighted by Gasteiger charge is 2.31. The summed E-state index contributed by atoms with van der Waals surface area (Å²) in [6, 6.07) is -0.0274. The molecular formula is C20H37N5O3. The number of nitrogens with two attached hydrogens (primary N) is 1. The molecule has 0 aliphatic carbocycles. The van der Waals surface area contributed by atoms with E-state index in [1.165, 1.54) is 0 Å². The lowest BCUT2D eigenvalue weighted by atomic mass is 9.92. The number of piperidine rings is 2. The first-order valence-electron chi connectivity index (χ1n) is 10.7. The first kappa shape index (κ1) is 22.5. The van der Waals surface area contributed by atoms with Gasteiger partial charge in [-0.2, -0.15) is 0 Å². The number of amides is 4. The Morgan fingerprint density at radius 3 is 2.46 bits per heavy atom. The van der Waals surface area contributed by atoms with E-state index in [1.807, 2.05) is 9.80 Å². The molecule has 8 nitrogen and oxygen atoms in total. The molecule has 2 aliphatic rings. The second kappa shape index (κ2) is 11.2. The Labute approximate surface area is 168 Å². The molecule has 8 heteroatoms. The fraction of sp³-hybridized carbons (Fsp3) is 0.850. The van der Waals surface area contributed by atoms with Crippen LogP contribution in [0.5, 0.6) is 0 Å². The van der Waals surface area contributed by atoms with Gasteiger partial charge in [0.2, 0.25) is 11.8 Å². The van der Waals surface area contributed by atoms with E-state index in [4.69, 9.17) is 5.73 Å². The molecule has 2 fully saturated rings. The standard InChI is InChI=1S/C20H37N5O3/c1-15(2)12-23-20(28)25-10-3-5-16(13-25)11-18(26)24-9-4-6-17(14-24)19(27)22-8-7-21/h15-17H,3-14,21H2,1-2H3,(H,22,27)(H,23,28). The molecule has 0 radical (unpaired) electrons. The molecule has 160 valence electrons. The molecule has 0 saturated carbocycles. The zero-order valence-electron chi connectivity index (χ0n) is 17.4. The van der Waals surface area contributed by atoms with Gasteiger partial charge in [-0.05, 0) is 37.5 Å². The maximum absolute atomic E-state index is 12.8. The van der Waals surface area contributed by atoms with Crippen molar-refractivity contribution < 1.29 is 14.4 Å². The number of nitrogens with zero attached hydrogens (tertiary/aromatic N) is 2. The molecule has 2 heterocycles. The van der Waals surface area contributed by atoms with Crippen molar-refractivity contribution in [3.63, 3.8) is 0 Å². The van der Waals surface area contributed by atoms with Gasteiger partial charge in [-0.15, -0.1) is 0 Å². The molecule has 0 spiro atoms. The lowest BCUT2D eigenvalue weighted by molar-refractivity contribution is -0.136. The van der Waals surface area contributed by atoms with Crippen LogP contribution < -0.4 is 16.4 Å². The molecule has 2 unspecified atom stereocenters. The molecule has 0 aromatic heterocycles. The Hall–Kier alpha value is -1.83. The molecule has 2 saturated heterocycles. The average Bonchev–Trinajstić information content (AvgIpc) is 2.70. The third-order valence-electron chi connectivity index (χ3n) is 5.52. The maximum atomic E-state index is 12.8. The van der Waals surface area contributed by atoms with Crippen LogP contribution in [0, 0.1) is 17.8 Å². The third-order valence-corrected chi connectivity index (χ3v) is 5.52. The number of nitrogens with one attached hydrogen (secondary N) is 2. The SMILES string of the molecule is CC(C)CNC(=O)N1CCCC(CC(=O)N2CCCC(C(=O)NCCN)C2)C1. The second-order valence-corrected chi connectivity index (χ2v) is 8.50. The summed E-state index contributed by atoms with van der Waals surface area (Å²) < 4.78 is 0. The molecule has 28 heavy (non-hydrogen) atoms. The van der Waals surface area contributed by atoms with Gasteiger partial charge in [0.05, 0.1) is 5.92 Å². The first-order chi connectivity index (χ1) is 13.4. The van der Waals surface area contributed by atoms with Gasteiger partial charge in [-0.3, -0.25) is 9.59 Å². The van der Waals surface area contributed by atoms with Crippen LogP contribution >= 0.6 is 0 Å². The smallest absolute Gasteiger partial charge is 0.317 e. The molecule has 0 aromatic carbocycles. The van der Waals surface area contributed by atoms with Gasteiger partial charge in [0.15, 0.2) is 0 Å². The van der Waals surface area contributed by atoms with E-state index in [2.05, 4.69) is 24.5 Å². The van der Waals surface area contributed by atoms with E-state index < -0.39 is 0 Å². The Morgan fingerprint density at radius 1 is 1.04 bits per heavy atom. The van der Waals surface area contributed by atoms with E-state index in [1.54, 1.807) is 0 Å². The van der Waals surface area contributed by atoms with Crippen LogP contribution in [0.4, 0.5) is 4.79 Å². The molecule has 2 aliphatic heterocycles. The van der Waals surface area contributed by atoms with Gasteiger partial charge in [0, 0.05) is 52.2 Å². The normalized spacial score (nSPS) is 22.9. The number of hydrogen-bond acceptors (Lipinski definition) is 4. The number of carbonyl (C=O) groups excluding carboxylic acids is 3. The summed E-state index contributed by atoms with van der Waals surface area (Å²) in [5, 5.41) is 5.79. The number of carbonyl (C=O) groups is 3. The summed E-state index contributed by atoms with van der Waals surface area (Å²) in [4.78, 5) is 41.0. The topological polar surface area (TPSA) is 108 Å². The lowest BCUT2D eigenvalue weighted by Gasteiger charge is -2.36. The number of urea groups is 1. The zero-order valence-corrected chi connectivity index (χ0v) is 17.4. The maximum Gasteiger partial charge on any atom is 0.317 e. The fourth-order valence-electron chi connectivity index (χ4n) is 3.95. The van der Waals surface area contributed by atoms with E-state index >= 15 is 0 Å². The van der Waals surface area contributed by atoms with Crippen molar-refractivity contribution in [2.75, 3.05) is 45.8 Å². The molecule has 2 atom stereocenters. The monoisotopic (exact) mass is 395 g/mol. The van der Waals surface area contributed by atoms with Crippen LogP contribution in [0.1, 0.15) is 46.0 Å². The highest BCUT2D eigenvalue weighted by molar-refractivity contribution is 5.81. The summed E-state index contributed by atoms with van der Waals surface area (Å²) in [6.45, 7) is 8.28. The Kier molecular flexibility index (Phi) is 9.02. The summed E-state index contributed by atoms with van der Waals surface area (Å²) in [6.07, 6.45) is 4.00. The quantitative estimate of drug-likeness (QED) is 0.592. The van der Waals surface area contributed by atoms with Crippen LogP contribution in [0.2, 0.25) is 0 Å². The summed E-state index contributed by atoms with van der Waals surface area (Å²) in [5.74, 6) is 0.561. The van der Waals surface area contributed by atoms with Gasteiger partial charge in [-0.1, -0.05) is 13.8 Å². The van der Waals surface area contributed by atoms with Gasteiger partial charge in [0.1, 0.15) is 0 Å². The minimum absolute atomic E-state index is 0.00591. The predicted octanol–water partition coefficient (Wildman–Crippen LogP) is 0.768.